The zero-order valence-corrected chi connectivity index (χ0v) is 22.0. The maximum Gasteiger partial charge on any atom is 0.419 e. The number of urea groups is 1. The smallest absolute Gasteiger partial charge is 0.419 e. The molecule has 2 aromatic carbocycles. The molecule has 0 radical (unpaired) electrons. The lowest BCUT2D eigenvalue weighted by molar-refractivity contribution is -0.150. The van der Waals surface area contributed by atoms with Gasteiger partial charge in [-0.05, 0) is 67.3 Å². The molecular formula is C29H30F2N4O5. The van der Waals surface area contributed by atoms with Crippen LogP contribution in [0.5, 0.6) is 0 Å². The van der Waals surface area contributed by atoms with Gasteiger partial charge in [-0.25, -0.2) is 28.1 Å². The van der Waals surface area contributed by atoms with Gasteiger partial charge in [0.2, 0.25) is 6.10 Å². The quantitative estimate of drug-likeness (QED) is 0.548. The molecule has 0 bridgehead atoms. The maximum atomic E-state index is 14.0. The summed E-state index contributed by atoms with van der Waals surface area (Å²) in [7, 11) is 1.10. The van der Waals surface area contributed by atoms with Gasteiger partial charge in [0.05, 0.1) is 18.7 Å². The number of hydrogen-bond acceptors (Lipinski definition) is 7. The van der Waals surface area contributed by atoms with Crippen LogP contribution in [0.25, 0.3) is 0 Å². The Morgan fingerprint density at radius 2 is 1.82 bits per heavy atom. The summed E-state index contributed by atoms with van der Waals surface area (Å²) in [5.41, 5.74) is 1.86. The number of imide groups is 1. The molecule has 1 saturated carbocycles. The zero-order valence-electron chi connectivity index (χ0n) is 22.0. The highest BCUT2D eigenvalue weighted by atomic mass is 19.2. The molecule has 0 spiro atoms. The first-order valence-corrected chi connectivity index (χ1v) is 13.4. The number of amides is 3. The number of cyclic esters (lactones) is 1. The van der Waals surface area contributed by atoms with Gasteiger partial charge in [0, 0.05) is 25.2 Å². The second-order valence-corrected chi connectivity index (χ2v) is 10.5. The molecule has 40 heavy (non-hydrogen) atoms. The fraction of sp³-hybridized carbons (Fsp3) is 0.448. The van der Waals surface area contributed by atoms with Gasteiger partial charge < -0.3 is 14.8 Å². The highest BCUT2D eigenvalue weighted by molar-refractivity contribution is 5.96. The van der Waals surface area contributed by atoms with E-state index < -0.39 is 41.9 Å². The van der Waals surface area contributed by atoms with E-state index in [0.29, 0.717) is 24.9 Å². The van der Waals surface area contributed by atoms with Gasteiger partial charge in [-0.15, -0.1) is 0 Å². The maximum absolute atomic E-state index is 14.0. The molecule has 11 heteroatoms. The van der Waals surface area contributed by atoms with E-state index in [-0.39, 0.29) is 11.6 Å². The Bertz CT molecular complexity index is 1340. The fourth-order valence-corrected chi connectivity index (χ4v) is 6.19. The number of ether oxygens (including phenoxy) is 2. The molecule has 2 aliphatic heterocycles. The van der Waals surface area contributed by atoms with E-state index in [2.05, 4.69) is 16.3 Å². The molecule has 2 unspecified atom stereocenters. The number of hydrogen-bond donors (Lipinski definition) is 1. The number of nitrogens with zero attached hydrogens (tertiary/aromatic N) is 3. The summed E-state index contributed by atoms with van der Waals surface area (Å²) in [6.07, 6.45) is 1.97. The Kier molecular flexibility index (Phi) is 7.98. The number of benzene rings is 2. The number of nitrogens with one attached hydrogen (secondary N) is 1. The van der Waals surface area contributed by atoms with E-state index in [1.54, 1.807) is 0 Å². The summed E-state index contributed by atoms with van der Waals surface area (Å²) in [6, 6.07) is 10.9. The number of rotatable bonds is 5. The van der Waals surface area contributed by atoms with Gasteiger partial charge in [-0.2, -0.15) is 5.26 Å². The van der Waals surface area contributed by atoms with Crippen molar-refractivity contribution >= 4 is 18.1 Å². The van der Waals surface area contributed by atoms with E-state index in [0.717, 1.165) is 67.5 Å². The Morgan fingerprint density at radius 1 is 1.07 bits per heavy atom. The Balaban J connectivity index is 1.22. The van der Waals surface area contributed by atoms with Crippen LogP contribution in [0.3, 0.4) is 0 Å². The standard InChI is InChI=1S/C29H30F2N4O5/c1-39-27(36)26-25(18-8-11-23(30)24(31)14-18)35(29(38)40-26)28(37)33-20-12-13-34(16-20)21-9-6-17(7-10-21)22-5-3-2-4-19(22)15-32/h2-5,8,11,14,17,20-21,25-26H,6-7,9-10,12-13,16H2,1H3,(H,33,37)/t17?,20-,21?,25?,26?/m1/s1. The molecular weight excluding hydrogens is 522 g/mol. The van der Waals surface area contributed by atoms with E-state index >= 15 is 0 Å². The van der Waals surface area contributed by atoms with Crippen molar-refractivity contribution in [3.05, 3.63) is 70.8 Å². The Morgan fingerprint density at radius 3 is 2.52 bits per heavy atom. The van der Waals surface area contributed by atoms with Crippen LogP contribution in [0, 0.1) is 23.0 Å². The fourth-order valence-electron chi connectivity index (χ4n) is 6.19. The van der Waals surface area contributed by atoms with Crippen molar-refractivity contribution in [2.45, 2.75) is 62.3 Å². The van der Waals surface area contributed by atoms with Crippen molar-refractivity contribution in [2.24, 2.45) is 0 Å². The van der Waals surface area contributed by atoms with Crippen LogP contribution in [0.1, 0.15) is 60.8 Å². The lowest BCUT2D eigenvalue weighted by Crippen LogP contribution is -2.48. The van der Waals surface area contributed by atoms with Crippen molar-refractivity contribution < 1.29 is 32.6 Å². The third-order valence-corrected chi connectivity index (χ3v) is 8.21. The second kappa shape index (κ2) is 11.6. The molecule has 2 saturated heterocycles. The minimum atomic E-state index is -1.52. The van der Waals surface area contributed by atoms with Crippen LogP contribution in [0.4, 0.5) is 18.4 Å². The van der Waals surface area contributed by atoms with Crippen LogP contribution < -0.4 is 5.32 Å². The average molecular weight is 553 g/mol. The Hall–Kier alpha value is -4.04. The summed E-state index contributed by atoms with van der Waals surface area (Å²) in [6.45, 7) is 1.37. The molecule has 5 rings (SSSR count). The molecule has 2 aromatic rings. The van der Waals surface area contributed by atoms with Crippen LogP contribution in [0.2, 0.25) is 0 Å². The number of esters is 1. The summed E-state index contributed by atoms with van der Waals surface area (Å²) in [4.78, 5) is 41.4. The summed E-state index contributed by atoms with van der Waals surface area (Å²) in [5.74, 6) is -2.85. The second-order valence-electron chi connectivity index (χ2n) is 10.5. The lowest BCUT2D eigenvalue weighted by atomic mass is 9.80. The number of nitriles is 1. The number of carbonyl (C=O) groups is 3. The number of halogens is 2. The molecule has 3 aliphatic rings. The van der Waals surface area contributed by atoms with E-state index in [1.165, 1.54) is 6.07 Å². The van der Waals surface area contributed by atoms with Crippen LogP contribution in [-0.4, -0.2) is 66.3 Å². The predicted molar refractivity (Wildman–Crippen MR) is 138 cm³/mol. The summed E-state index contributed by atoms with van der Waals surface area (Å²) >= 11 is 0. The summed E-state index contributed by atoms with van der Waals surface area (Å²) < 4.78 is 37.4. The van der Waals surface area contributed by atoms with Crippen molar-refractivity contribution in [2.75, 3.05) is 20.2 Å². The Labute approximate surface area is 230 Å². The molecule has 9 nitrogen and oxygen atoms in total. The molecule has 1 aliphatic carbocycles. The number of likely N-dealkylation sites (tertiary alicyclic amines) is 1. The monoisotopic (exact) mass is 552 g/mol. The first-order valence-electron chi connectivity index (χ1n) is 13.4. The van der Waals surface area contributed by atoms with Crippen molar-refractivity contribution in [3.63, 3.8) is 0 Å². The topological polar surface area (TPSA) is 112 Å². The lowest BCUT2D eigenvalue weighted by Gasteiger charge is -2.35. The molecule has 1 N–H and O–H groups in total. The first-order chi connectivity index (χ1) is 19.3. The molecule has 210 valence electrons. The molecule has 3 amide bonds. The molecule has 3 atom stereocenters. The average Bonchev–Trinajstić information content (AvgIpc) is 3.58. The van der Waals surface area contributed by atoms with E-state index in [9.17, 15) is 28.4 Å². The van der Waals surface area contributed by atoms with Gasteiger partial charge in [0.15, 0.2) is 11.6 Å². The minimum absolute atomic E-state index is 0.0260. The zero-order chi connectivity index (χ0) is 28.4. The van der Waals surface area contributed by atoms with Gasteiger partial charge in [0.1, 0.15) is 6.04 Å². The third-order valence-electron chi connectivity index (χ3n) is 8.21. The third kappa shape index (κ3) is 5.36. The van der Waals surface area contributed by atoms with Crippen LogP contribution in [-0.2, 0) is 14.3 Å². The van der Waals surface area contributed by atoms with E-state index in [4.69, 9.17) is 9.47 Å². The van der Waals surface area contributed by atoms with Gasteiger partial charge in [0.25, 0.3) is 0 Å². The molecule has 3 fully saturated rings. The van der Waals surface area contributed by atoms with Crippen molar-refractivity contribution in [1.82, 2.24) is 15.1 Å². The number of carbonyl (C=O) groups excluding carboxylic acids is 3. The first kappa shape index (κ1) is 27.5. The highest BCUT2D eigenvalue weighted by Gasteiger charge is 2.51. The number of methoxy groups -OCH3 is 1. The van der Waals surface area contributed by atoms with Gasteiger partial charge in [-0.1, -0.05) is 24.3 Å². The van der Waals surface area contributed by atoms with Crippen LogP contribution in [0.15, 0.2) is 42.5 Å². The summed E-state index contributed by atoms with van der Waals surface area (Å²) in [5, 5.41) is 12.3. The molecule has 0 aromatic heterocycles. The largest absolute Gasteiger partial charge is 0.466 e. The highest BCUT2D eigenvalue weighted by Crippen LogP contribution is 2.38. The van der Waals surface area contributed by atoms with Crippen molar-refractivity contribution in [3.8, 4) is 6.07 Å². The minimum Gasteiger partial charge on any atom is -0.466 e. The van der Waals surface area contributed by atoms with Gasteiger partial charge in [-0.3, -0.25) is 4.90 Å². The normalized spacial score (nSPS) is 26.7. The SMILES string of the molecule is COC(=O)C1OC(=O)N(C(=O)N[C@@H]2CCN(C3CCC(c4ccccc4C#N)CC3)C2)C1c1ccc(F)c(F)c1. The van der Waals surface area contributed by atoms with Crippen molar-refractivity contribution in [1.29, 1.82) is 5.26 Å². The van der Waals surface area contributed by atoms with Gasteiger partial charge >= 0.3 is 18.1 Å². The van der Waals surface area contributed by atoms with E-state index in [1.807, 2.05) is 24.3 Å². The predicted octanol–water partition coefficient (Wildman–Crippen LogP) is 4.38. The van der Waals surface area contributed by atoms with Crippen LogP contribution >= 0.6 is 0 Å². The molecule has 2 heterocycles.